The van der Waals surface area contributed by atoms with Crippen molar-refractivity contribution in [3.8, 4) is 50.2 Å². The number of hydrogen-bond donors (Lipinski definition) is 0. The summed E-state index contributed by atoms with van der Waals surface area (Å²) in [6, 6.07) is 96.4. The Balaban J connectivity index is 0.846. The van der Waals surface area contributed by atoms with Crippen LogP contribution in [0.2, 0.25) is 0 Å². The molecule has 14 rings (SSSR count). The zero-order valence-electron chi connectivity index (χ0n) is 38.7. The predicted octanol–water partition coefficient (Wildman–Crippen LogP) is 19.1. The van der Waals surface area contributed by atoms with Crippen LogP contribution in [0.3, 0.4) is 0 Å². The summed E-state index contributed by atoms with van der Waals surface area (Å²) in [6.45, 7) is 0. The van der Waals surface area contributed by atoms with Gasteiger partial charge in [0.2, 0.25) is 0 Å². The Morgan fingerprint density at radius 2 is 0.761 bits per heavy atom. The van der Waals surface area contributed by atoms with Crippen LogP contribution < -0.4 is 4.90 Å². The van der Waals surface area contributed by atoms with E-state index in [1.165, 1.54) is 65.6 Å². The SMILES string of the molecule is c1ccc(-c2cc3ccccc3c3c2oc2c(N(c4ccc(-c5ccc(-c6ccc(-n7c8ccccc8c8ccccc87)cc6)cc5)cc4)c4ccc(-c5cccc6ccccc56)cc4)cccc23)cc1. The maximum Gasteiger partial charge on any atom is 0.159 e. The molecule has 0 bridgehead atoms. The van der Waals surface area contributed by atoms with Crippen molar-refractivity contribution in [2.75, 3.05) is 4.90 Å². The fourth-order valence-electron chi connectivity index (χ4n) is 11.0. The molecule has 0 aliphatic heterocycles. The van der Waals surface area contributed by atoms with Crippen LogP contribution in [-0.4, -0.2) is 4.57 Å². The van der Waals surface area contributed by atoms with E-state index in [0.717, 1.165) is 66.9 Å². The van der Waals surface area contributed by atoms with Gasteiger partial charge in [0.25, 0.3) is 0 Å². The van der Waals surface area contributed by atoms with E-state index in [2.05, 4.69) is 276 Å². The lowest BCUT2D eigenvalue weighted by molar-refractivity contribution is 0.670. The molecule has 0 atom stereocenters. The number of fused-ring (bicyclic) bond motifs is 9. The molecule has 12 aromatic carbocycles. The smallest absolute Gasteiger partial charge is 0.159 e. The largest absolute Gasteiger partial charge is 0.453 e. The van der Waals surface area contributed by atoms with E-state index >= 15 is 0 Å². The summed E-state index contributed by atoms with van der Waals surface area (Å²) < 4.78 is 9.56. The average Bonchev–Trinajstić information content (AvgIpc) is 4.01. The molecule has 0 unspecified atom stereocenters. The lowest BCUT2D eigenvalue weighted by Gasteiger charge is -2.26. The molecule has 0 radical (unpaired) electrons. The normalized spacial score (nSPS) is 11.7. The molecule has 2 heterocycles. The molecule has 0 fully saturated rings. The number of hydrogen-bond acceptors (Lipinski definition) is 2. The minimum atomic E-state index is 0.844. The number of aromatic nitrogens is 1. The van der Waals surface area contributed by atoms with Gasteiger partial charge >= 0.3 is 0 Å². The fraction of sp³-hybridized carbons (Fsp3) is 0. The molecule has 0 spiro atoms. The van der Waals surface area contributed by atoms with Crippen molar-refractivity contribution < 1.29 is 4.42 Å². The zero-order chi connectivity index (χ0) is 46.8. The van der Waals surface area contributed by atoms with Crippen molar-refractivity contribution in [2.24, 2.45) is 0 Å². The molecule has 71 heavy (non-hydrogen) atoms. The summed E-state index contributed by atoms with van der Waals surface area (Å²) in [6.07, 6.45) is 0. The number of furan rings is 1. The Bertz CT molecular complexity index is 4240. The van der Waals surface area contributed by atoms with Gasteiger partial charge in [-0.25, -0.2) is 0 Å². The van der Waals surface area contributed by atoms with E-state index in [0.29, 0.717) is 0 Å². The summed E-state index contributed by atoms with van der Waals surface area (Å²) in [4.78, 5) is 2.35. The highest BCUT2D eigenvalue weighted by Gasteiger charge is 2.23. The highest BCUT2D eigenvalue weighted by atomic mass is 16.3. The first kappa shape index (κ1) is 40.6. The lowest BCUT2D eigenvalue weighted by Crippen LogP contribution is -2.10. The average molecular weight is 905 g/mol. The standard InChI is InChI=1S/C68H44N2O/c1-2-14-50(15-3-1)62-44-52-17-5-7-20-58(52)66-61-24-13-27-65(67(61)71-68(62)66)69(54-42-36-51(37-43-54)57-23-12-18-49-16-4-6-19-56(49)57)53-38-32-47(33-39-53)45-28-30-46(31-29-45)48-34-40-55(41-35-48)70-63-25-10-8-21-59(63)60-22-9-11-26-64(60)70/h1-44H. The van der Waals surface area contributed by atoms with Gasteiger partial charge in [0.1, 0.15) is 5.58 Å². The quantitative estimate of drug-likeness (QED) is 0.151. The van der Waals surface area contributed by atoms with Gasteiger partial charge in [0, 0.05) is 44.2 Å². The number of anilines is 3. The second-order valence-electron chi connectivity index (χ2n) is 18.4. The Labute approximate surface area is 411 Å². The highest BCUT2D eigenvalue weighted by Crippen LogP contribution is 2.47. The first-order valence-electron chi connectivity index (χ1n) is 24.3. The van der Waals surface area contributed by atoms with Crippen LogP contribution >= 0.6 is 0 Å². The molecule has 0 saturated heterocycles. The van der Waals surface area contributed by atoms with Crippen molar-refractivity contribution in [2.45, 2.75) is 0 Å². The molecule has 0 N–H and O–H groups in total. The van der Waals surface area contributed by atoms with E-state index in [1.807, 2.05) is 0 Å². The van der Waals surface area contributed by atoms with Gasteiger partial charge in [-0.15, -0.1) is 0 Å². The van der Waals surface area contributed by atoms with Gasteiger partial charge in [-0.2, -0.15) is 0 Å². The maximum atomic E-state index is 7.20. The minimum absolute atomic E-state index is 0.844. The number of rotatable bonds is 8. The van der Waals surface area contributed by atoms with Crippen LogP contribution in [0.15, 0.2) is 271 Å². The Kier molecular flexibility index (Phi) is 9.53. The second kappa shape index (κ2) is 16.7. The van der Waals surface area contributed by atoms with Crippen molar-refractivity contribution in [3.05, 3.63) is 267 Å². The van der Waals surface area contributed by atoms with Gasteiger partial charge in [-0.1, -0.05) is 206 Å². The first-order valence-corrected chi connectivity index (χ1v) is 24.3. The molecule has 14 aromatic rings. The molecular weight excluding hydrogens is 861 g/mol. The van der Waals surface area contributed by atoms with Crippen molar-refractivity contribution in [1.82, 2.24) is 4.57 Å². The van der Waals surface area contributed by atoms with E-state index in [9.17, 15) is 0 Å². The zero-order valence-corrected chi connectivity index (χ0v) is 38.7. The highest BCUT2D eigenvalue weighted by molar-refractivity contribution is 6.24. The summed E-state index contributed by atoms with van der Waals surface area (Å²) in [5.41, 5.74) is 17.6. The predicted molar refractivity (Wildman–Crippen MR) is 299 cm³/mol. The van der Waals surface area contributed by atoms with Crippen LogP contribution in [0.5, 0.6) is 0 Å². The van der Waals surface area contributed by atoms with Crippen LogP contribution in [0.25, 0.3) is 115 Å². The van der Waals surface area contributed by atoms with Gasteiger partial charge in [0.15, 0.2) is 5.58 Å². The topological polar surface area (TPSA) is 21.3 Å². The third-order valence-corrected chi connectivity index (χ3v) is 14.4. The summed E-state index contributed by atoms with van der Waals surface area (Å²) in [5, 5.41) is 9.58. The van der Waals surface area contributed by atoms with E-state index in [4.69, 9.17) is 4.42 Å². The number of benzene rings is 12. The van der Waals surface area contributed by atoms with E-state index < -0.39 is 0 Å². The first-order chi connectivity index (χ1) is 35.2. The molecule has 332 valence electrons. The summed E-state index contributed by atoms with van der Waals surface area (Å²) in [5.74, 6) is 0. The van der Waals surface area contributed by atoms with Crippen molar-refractivity contribution in [1.29, 1.82) is 0 Å². The minimum Gasteiger partial charge on any atom is -0.453 e. The Hall–Kier alpha value is -9.44. The van der Waals surface area contributed by atoms with Crippen LogP contribution in [0.4, 0.5) is 17.1 Å². The molecule has 0 saturated carbocycles. The third kappa shape index (κ3) is 6.82. The number of para-hydroxylation sites is 3. The third-order valence-electron chi connectivity index (χ3n) is 14.4. The van der Waals surface area contributed by atoms with Crippen LogP contribution in [-0.2, 0) is 0 Å². The van der Waals surface area contributed by atoms with Gasteiger partial charge in [-0.05, 0) is 121 Å². The molecule has 0 aliphatic rings. The molecule has 2 aromatic heterocycles. The Morgan fingerprint density at radius 1 is 0.296 bits per heavy atom. The van der Waals surface area contributed by atoms with E-state index in [1.54, 1.807) is 0 Å². The molecule has 0 amide bonds. The van der Waals surface area contributed by atoms with Crippen molar-refractivity contribution in [3.63, 3.8) is 0 Å². The van der Waals surface area contributed by atoms with Crippen LogP contribution in [0.1, 0.15) is 0 Å². The van der Waals surface area contributed by atoms with Crippen molar-refractivity contribution >= 4 is 82.4 Å². The Morgan fingerprint density at radius 3 is 1.41 bits per heavy atom. The van der Waals surface area contributed by atoms with E-state index in [-0.39, 0.29) is 0 Å². The fourth-order valence-corrected chi connectivity index (χ4v) is 11.0. The molecular formula is C68H44N2O. The maximum absolute atomic E-state index is 7.20. The lowest BCUT2D eigenvalue weighted by atomic mass is 9.96. The second-order valence-corrected chi connectivity index (χ2v) is 18.4. The molecule has 3 heteroatoms. The number of nitrogens with zero attached hydrogens (tertiary/aromatic N) is 2. The van der Waals surface area contributed by atoms with Gasteiger partial charge < -0.3 is 13.9 Å². The molecule has 0 aliphatic carbocycles. The molecule has 3 nitrogen and oxygen atoms in total. The van der Waals surface area contributed by atoms with Gasteiger partial charge in [0.05, 0.1) is 16.7 Å². The summed E-state index contributed by atoms with van der Waals surface area (Å²) >= 11 is 0. The van der Waals surface area contributed by atoms with Crippen LogP contribution in [0, 0.1) is 0 Å². The monoisotopic (exact) mass is 904 g/mol. The van der Waals surface area contributed by atoms with Gasteiger partial charge in [-0.3, -0.25) is 0 Å². The summed E-state index contributed by atoms with van der Waals surface area (Å²) in [7, 11) is 0.